The van der Waals surface area contributed by atoms with Crippen LogP contribution in [0.5, 0.6) is 0 Å². The lowest BCUT2D eigenvalue weighted by atomic mass is 9.92. The Morgan fingerprint density at radius 3 is 2.73 bits per heavy atom. The van der Waals surface area contributed by atoms with Crippen molar-refractivity contribution in [3.63, 3.8) is 0 Å². The van der Waals surface area contributed by atoms with Gasteiger partial charge < -0.3 is 4.42 Å². The van der Waals surface area contributed by atoms with Crippen LogP contribution in [0.1, 0.15) is 42.6 Å². The van der Waals surface area contributed by atoms with Crippen LogP contribution in [-0.4, -0.2) is 0 Å². The predicted octanol–water partition coefficient (Wildman–Crippen LogP) is 3.21. The average Bonchev–Trinajstić information content (AvgIpc) is 2.24. The molecule has 1 aliphatic carbocycles. The summed E-state index contributed by atoms with van der Waals surface area (Å²) >= 11 is 0. The van der Waals surface area contributed by atoms with Crippen LogP contribution >= 0.6 is 0 Å². The molecular formula is C13H16O2. The molecule has 0 atom stereocenters. The summed E-state index contributed by atoms with van der Waals surface area (Å²) in [5.74, 6) is 0.701. The fourth-order valence-corrected chi connectivity index (χ4v) is 2.09. The van der Waals surface area contributed by atoms with Gasteiger partial charge in [0.1, 0.15) is 5.76 Å². The van der Waals surface area contributed by atoms with Gasteiger partial charge in [-0.25, -0.2) is 4.79 Å². The fraction of sp³-hybridized carbons (Fsp3) is 0.462. The quantitative estimate of drug-likeness (QED) is 0.703. The van der Waals surface area contributed by atoms with Crippen molar-refractivity contribution in [1.29, 1.82) is 0 Å². The van der Waals surface area contributed by atoms with Crippen molar-refractivity contribution in [2.75, 3.05) is 0 Å². The van der Waals surface area contributed by atoms with E-state index in [1.54, 1.807) is 0 Å². The molecule has 15 heavy (non-hydrogen) atoms. The number of hydrogen-bond acceptors (Lipinski definition) is 2. The Hall–Kier alpha value is -1.31. The van der Waals surface area contributed by atoms with E-state index in [1.165, 1.54) is 18.4 Å². The Morgan fingerprint density at radius 2 is 2.07 bits per heavy atom. The van der Waals surface area contributed by atoms with E-state index in [0.29, 0.717) is 5.76 Å². The largest absolute Gasteiger partial charge is 0.428 e. The third-order valence-corrected chi connectivity index (χ3v) is 2.95. The van der Waals surface area contributed by atoms with Gasteiger partial charge in [-0.2, -0.15) is 0 Å². The zero-order chi connectivity index (χ0) is 10.8. The molecule has 1 aromatic heterocycles. The zero-order valence-electron chi connectivity index (χ0n) is 9.30. The highest BCUT2D eigenvalue weighted by atomic mass is 16.4. The zero-order valence-corrected chi connectivity index (χ0v) is 9.30. The molecule has 0 saturated heterocycles. The number of aryl methyl sites for hydroxylation is 1. The molecule has 0 spiro atoms. The fourth-order valence-electron chi connectivity index (χ4n) is 2.09. The third-order valence-electron chi connectivity index (χ3n) is 2.95. The molecule has 0 saturated carbocycles. The van der Waals surface area contributed by atoms with E-state index in [-0.39, 0.29) is 5.63 Å². The van der Waals surface area contributed by atoms with Gasteiger partial charge in [-0.15, -0.1) is 0 Å². The summed E-state index contributed by atoms with van der Waals surface area (Å²) < 4.78 is 5.06. The summed E-state index contributed by atoms with van der Waals surface area (Å²) in [6.07, 6.45) is 6.97. The van der Waals surface area contributed by atoms with E-state index < -0.39 is 0 Å². The van der Waals surface area contributed by atoms with Crippen LogP contribution in [0.15, 0.2) is 21.4 Å². The van der Waals surface area contributed by atoms with Gasteiger partial charge in [-0.3, -0.25) is 0 Å². The Balaban J connectivity index is 2.51. The summed E-state index contributed by atoms with van der Waals surface area (Å²) in [6.45, 7) is 3.67. The molecule has 0 fully saturated rings. The summed E-state index contributed by atoms with van der Waals surface area (Å²) in [7, 11) is 0. The van der Waals surface area contributed by atoms with Gasteiger partial charge in [0.25, 0.3) is 0 Å². The van der Waals surface area contributed by atoms with Gasteiger partial charge in [0.15, 0.2) is 0 Å². The first kappa shape index (κ1) is 10.2. The van der Waals surface area contributed by atoms with Gasteiger partial charge >= 0.3 is 5.63 Å². The number of hydrogen-bond donors (Lipinski definition) is 0. The second kappa shape index (κ2) is 4.05. The molecule has 1 aromatic rings. The molecular weight excluding hydrogens is 188 g/mol. The normalized spacial score (nSPS) is 16.3. The van der Waals surface area contributed by atoms with Crippen molar-refractivity contribution in [2.24, 2.45) is 0 Å². The van der Waals surface area contributed by atoms with E-state index in [4.69, 9.17) is 4.42 Å². The first-order chi connectivity index (χ1) is 7.18. The monoisotopic (exact) mass is 204 g/mol. The second-order valence-corrected chi connectivity index (χ2v) is 4.16. The molecule has 0 unspecified atom stereocenters. The average molecular weight is 204 g/mol. The smallest absolute Gasteiger partial charge is 0.339 e. The van der Waals surface area contributed by atoms with E-state index in [1.807, 2.05) is 19.9 Å². The maximum Gasteiger partial charge on any atom is 0.339 e. The molecule has 0 amide bonds. The van der Waals surface area contributed by atoms with E-state index in [2.05, 4.69) is 6.08 Å². The maximum absolute atomic E-state index is 11.5. The van der Waals surface area contributed by atoms with Gasteiger partial charge in [0, 0.05) is 5.56 Å². The topological polar surface area (TPSA) is 30.2 Å². The van der Waals surface area contributed by atoms with Crippen molar-refractivity contribution in [1.82, 2.24) is 0 Å². The van der Waals surface area contributed by atoms with Crippen LogP contribution in [-0.2, 0) is 0 Å². The first-order valence-electron chi connectivity index (χ1n) is 5.49. The molecule has 0 N–H and O–H groups in total. The van der Waals surface area contributed by atoms with Crippen molar-refractivity contribution < 1.29 is 4.42 Å². The van der Waals surface area contributed by atoms with Crippen LogP contribution in [0.2, 0.25) is 0 Å². The van der Waals surface area contributed by atoms with Crippen LogP contribution in [0.25, 0.3) is 5.57 Å². The molecule has 2 nitrogen and oxygen atoms in total. The Kier molecular flexibility index (Phi) is 2.76. The van der Waals surface area contributed by atoms with Crippen LogP contribution in [0.3, 0.4) is 0 Å². The Bertz CT molecular complexity index is 452. The summed E-state index contributed by atoms with van der Waals surface area (Å²) in [5.41, 5.74) is 2.95. The minimum Gasteiger partial charge on any atom is -0.428 e. The molecule has 0 aromatic carbocycles. The van der Waals surface area contributed by atoms with Crippen molar-refractivity contribution in [3.05, 3.63) is 39.4 Å². The molecule has 1 aliphatic rings. The van der Waals surface area contributed by atoms with E-state index >= 15 is 0 Å². The molecule has 2 rings (SSSR count). The molecule has 80 valence electrons. The predicted molar refractivity (Wildman–Crippen MR) is 60.9 cm³/mol. The Labute approximate surface area is 89.6 Å². The van der Waals surface area contributed by atoms with Gasteiger partial charge in [0.2, 0.25) is 0 Å². The minimum absolute atomic E-state index is 0.198. The van der Waals surface area contributed by atoms with E-state index in [0.717, 1.165) is 24.0 Å². The molecule has 1 heterocycles. The van der Waals surface area contributed by atoms with Crippen molar-refractivity contribution in [3.8, 4) is 0 Å². The molecule has 0 radical (unpaired) electrons. The minimum atomic E-state index is -0.198. The van der Waals surface area contributed by atoms with Crippen LogP contribution in [0.4, 0.5) is 0 Å². The first-order valence-corrected chi connectivity index (χ1v) is 5.49. The second-order valence-electron chi connectivity index (χ2n) is 4.16. The van der Waals surface area contributed by atoms with Gasteiger partial charge in [0.05, 0.1) is 0 Å². The molecule has 0 bridgehead atoms. The summed E-state index contributed by atoms with van der Waals surface area (Å²) in [6, 6.07) is 1.98. The number of rotatable bonds is 1. The lowest BCUT2D eigenvalue weighted by Gasteiger charge is -2.14. The molecule has 0 aliphatic heterocycles. The lowest BCUT2D eigenvalue weighted by molar-refractivity contribution is 0.474. The highest BCUT2D eigenvalue weighted by molar-refractivity contribution is 5.68. The van der Waals surface area contributed by atoms with Crippen LogP contribution < -0.4 is 5.63 Å². The van der Waals surface area contributed by atoms with Gasteiger partial charge in [-0.05, 0) is 56.7 Å². The third kappa shape index (κ3) is 2.04. The highest BCUT2D eigenvalue weighted by Gasteiger charge is 2.12. The number of allylic oxidation sites excluding steroid dienone is 2. The van der Waals surface area contributed by atoms with Crippen molar-refractivity contribution in [2.45, 2.75) is 39.5 Å². The maximum atomic E-state index is 11.5. The van der Waals surface area contributed by atoms with E-state index in [9.17, 15) is 4.79 Å². The highest BCUT2D eigenvalue weighted by Crippen LogP contribution is 2.28. The Morgan fingerprint density at radius 1 is 1.27 bits per heavy atom. The van der Waals surface area contributed by atoms with Crippen LogP contribution in [0, 0.1) is 13.8 Å². The standard InChI is InChI=1S/C13H16O2/c1-9-8-12(10(2)13(14)15-9)11-6-4-3-5-7-11/h6,8H,3-5,7H2,1-2H3. The van der Waals surface area contributed by atoms with Crippen molar-refractivity contribution >= 4 is 5.57 Å². The summed E-state index contributed by atoms with van der Waals surface area (Å²) in [4.78, 5) is 11.5. The van der Waals surface area contributed by atoms with Gasteiger partial charge in [-0.1, -0.05) is 6.08 Å². The molecule has 2 heteroatoms. The summed E-state index contributed by atoms with van der Waals surface area (Å²) in [5, 5.41) is 0. The SMILES string of the molecule is Cc1cc(C2=CCCCC2)c(C)c(=O)o1. The lowest BCUT2D eigenvalue weighted by Crippen LogP contribution is -2.08.